The summed E-state index contributed by atoms with van der Waals surface area (Å²) in [4.78, 5) is 2.38. The number of aromatic nitrogens is 2. The van der Waals surface area contributed by atoms with Crippen LogP contribution in [0.5, 0.6) is 0 Å². The number of hydrogen-bond donors (Lipinski definition) is 1. The normalized spacial score (nSPS) is 11.2. The molecule has 0 aliphatic rings. The van der Waals surface area contributed by atoms with Crippen LogP contribution < -0.4 is 10.2 Å². The highest BCUT2D eigenvalue weighted by Crippen LogP contribution is 2.49. The monoisotopic (exact) mass is 1860 g/mol. The van der Waals surface area contributed by atoms with Gasteiger partial charge in [0.1, 0.15) is 0 Å². The van der Waals surface area contributed by atoms with Crippen LogP contribution in [0.25, 0.3) is 209 Å². The highest BCUT2D eigenvalue weighted by atomic mass is 79.9. The van der Waals surface area contributed by atoms with Crippen molar-refractivity contribution in [3.63, 3.8) is 0 Å². The molecule has 2 aromatic heterocycles. The van der Waals surface area contributed by atoms with E-state index in [1.807, 2.05) is 0 Å². The van der Waals surface area contributed by atoms with Gasteiger partial charge in [0.25, 0.3) is 0 Å². The Kier molecular flexibility index (Phi) is 24.9. The predicted molar refractivity (Wildman–Crippen MR) is 609 cm³/mol. The summed E-state index contributed by atoms with van der Waals surface area (Å²) in [6, 6.07) is 193. The van der Waals surface area contributed by atoms with Crippen molar-refractivity contribution in [3.05, 3.63) is 538 Å². The molecule has 5 heteroatoms. The SMILES string of the molecule is Brc1ccc(-c2c3ccccc3c(-c3ccccc3)c3ccccc23)cc1.C.C.C.c1ccc(-c2c3ccccc3c(-c3ccc(N(c4ccc(-c5ccc6c(c5)c5ccccc5n6-c5ccccc5)cc4)c4ccc(-c5cccc6ccccc56)cc4)cc3)c3ccccc23)cc1.c1ccc(-n2c3ccccc3c3cc(-c4ccc(Nc5ccc(-c6cccc7ccccc67)cc5)cc4)ccc32)cc1. The van der Waals surface area contributed by atoms with Gasteiger partial charge in [-0.1, -0.05) is 439 Å². The van der Waals surface area contributed by atoms with Gasteiger partial charge < -0.3 is 19.4 Å². The van der Waals surface area contributed by atoms with E-state index in [1.54, 1.807) is 0 Å². The summed E-state index contributed by atoms with van der Waals surface area (Å²) in [6.45, 7) is 0. The number of para-hydroxylation sites is 4. The predicted octanol–water partition coefficient (Wildman–Crippen LogP) is 39.4. The van der Waals surface area contributed by atoms with Crippen LogP contribution in [-0.4, -0.2) is 9.13 Å². The Morgan fingerprint density at radius 2 is 0.414 bits per heavy atom. The lowest BCUT2D eigenvalue weighted by Crippen LogP contribution is -2.09. The summed E-state index contributed by atoms with van der Waals surface area (Å²) in [5.74, 6) is 0. The van der Waals surface area contributed by atoms with E-state index >= 15 is 0 Å². The summed E-state index contributed by atoms with van der Waals surface area (Å²) in [5, 5.41) is 23.8. The molecule has 4 nitrogen and oxygen atoms in total. The molecule has 24 aromatic carbocycles. The van der Waals surface area contributed by atoms with Crippen molar-refractivity contribution in [1.29, 1.82) is 0 Å². The van der Waals surface area contributed by atoms with Crippen LogP contribution in [0.4, 0.5) is 28.4 Å². The van der Waals surface area contributed by atoms with Crippen molar-refractivity contribution < 1.29 is 0 Å². The number of halogens is 1. The molecule has 0 bridgehead atoms. The molecule has 0 saturated carbocycles. The zero-order chi connectivity index (χ0) is 91.1. The molecule has 0 aliphatic heterocycles. The summed E-state index contributed by atoms with van der Waals surface area (Å²) in [5.41, 5.74) is 32.3. The summed E-state index contributed by atoms with van der Waals surface area (Å²) in [7, 11) is 0. The number of hydrogen-bond acceptors (Lipinski definition) is 2. The summed E-state index contributed by atoms with van der Waals surface area (Å²) < 4.78 is 5.82. The lowest BCUT2D eigenvalue weighted by atomic mass is 9.86. The second-order valence-corrected chi connectivity index (χ2v) is 36.0. The maximum atomic E-state index is 3.57. The van der Waals surface area contributed by atoms with Crippen LogP contribution >= 0.6 is 15.9 Å². The van der Waals surface area contributed by atoms with E-state index in [1.165, 1.54) is 203 Å². The van der Waals surface area contributed by atoms with Crippen molar-refractivity contribution >= 4 is 153 Å². The van der Waals surface area contributed by atoms with Gasteiger partial charge in [0.15, 0.2) is 0 Å². The van der Waals surface area contributed by atoms with Gasteiger partial charge in [-0.2, -0.15) is 0 Å². The van der Waals surface area contributed by atoms with Gasteiger partial charge in [0, 0.05) is 65.8 Å². The van der Waals surface area contributed by atoms with Gasteiger partial charge in [0.2, 0.25) is 0 Å². The molecule has 0 radical (unpaired) electrons. The maximum Gasteiger partial charge on any atom is 0.0541 e. The minimum absolute atomic E-state index is 0. The second-order valence-electron chi connectivity index (χ2n) is 35.1. The van der Waals surface area contributed by atoms with Crippen LogP contribution in [0, 0.1) is 0 Å². The molecule has 0 atom stereocenters. The molecule has 0 fully saturated rings. The molecular formula is C135H101BrN4. The summed E-state index contributed by atoms with van der Waals surface area (Å²) in [6.07, 6.45) is 0. The molecule has 140 heavy (non-hydrogen) atoms. The molecule has 1 N–H and O–H groups in total. The minimum Gasteiger partial charge on any atom is -0.356 e. The van der Waals surface area contributed by atoms with E-state index in [9.17, 15) is 0 Å². The Morgan fingerprint density at radius 3 is 0.764 bits per heavy atom. The fraction of sp³-hybridized carbons (Fsp3) is 0.0222. The van der Waals surface area contributed by atoms with Crippen molar-refractivity contribution in [2.45, 2.75) is 22.3 Å². The first-order valence-electron chi connectivity index (χ1n) is 46.9. The molecule has 0 amide bonds. The number of benzene rings is 24. The topological polar surface area (TPSA) is 25.1 Å². The minimum atomic E-state index is 0. The van der Waals surface area contributed by atoms with Crippen LogP contribution in [0.15, 0.2) is 538 Å². The lowest BCUT2D eigenvalue weighted by molar-refractivity contribution is 1.18. The zero-order valence-electron chi connectivity index (χ0n) is 75.0. The van der Waals surface area contributed by atoms with Crippen molar-refractivity contribution in [3.8, 4) is 100 Å². The molecule has 0 aliphatic carbocycles. The average Bonchev–Trinajstić information content (AvgIpc) is 1.37. The number of nitrogens with zero attached hydrogens (tertiary/aromatic N) is 3. The molecule has 26 rings (SSSR count). The Labute approximate surface area is 826 Å². The third kappa shape index (κ3) is 16.8. The highest BCUT2D eigenvalue weighted by Gasteiger charge is 2.23. The number of anilines is 5. The Balaban J connectivity index is 0.000000137. The van der Waals surface area contributed by atoms with Crippen LogP contribution in [-0.2, 0) is 0 Å². The molecule has 2 heterocycles. The highest BCUT2D eigenvalue weighted by molar-refractivity contribution is 9.10. The first-order valence-corrected chi connectivity index (χ1v) is 47.6. The van der Waals surface area contributed by atoms with Gasteiger partial charge in [-0.25, -0.2) is 0 Å². The molecular weight excluding hydrogens is 1760 g/mol. The molecule has 0 saturated heterocycles. The van der Waals surface area contributed by atoms with E-state index < -0.39 is 0 Å². The second kappa shape index (κ2) is 39.1. The molecule has 0 spiro atoms. The van der Waals surface area contributed by atoms with E-state index in [0.29, 0.717) is 0 Å². The van der Waals surface area contributed by atoms with Crippen molar-refractivity contribution in [2.24, 2.45) is 0 Å². The average molecular weight is 1860 g/mol. The Morgan fingerprint density at radius 1 is 0.171 bits per heavy atom. The molecule has 0 unspecified atom stereocenters. The van der Waals surface area contributed by atoms with Gasteiger partial charge in [-0.05, 0) is 287 Å². The number of fused-ring (bicyclic) bond motifs is 12. The standard InChI is InChI=1S/C66H44N2.C40H28N2.C26H17Br.3CH4/c1-3-17-48(18-4-1)65-58-24-9-11-26-60(58)66(61-27-12-10-25-59(61)65)49-34-41-54(42-35-49)67(53-39-32-47(33-40-53)56-28-15-19-46-16-7-8-22-55(46)56)52-37-30-45(31-38-52)50-36-43-64-62(44-50)57-23-13-14-29-63(57)68(64)51-20-5-2-6-21-51;1-2-11-34(12-3-1)42-39-16-7-6-14-37(39)38-27-31(21-26-40(38)42)28-17-22-32(23-18-28)41-33-24-19-30(20-25-33)36-15-8-10-29-9-4-5-13-35(29)36;27-20-16-14-19(15-17-20)26-23-12-6-4-10-21(23)25(18-8-2-1-3-9-18)22-11-5-7-13-24(22)26;;;/h1-44H;1-27,41H;1-17H;3*1H4. The zero-order valence-corrected chi connectivity index (χ0v) is 76.6. The van der Waals surface area contributed by atoms with Gasteiger partial charge in [-0.3, -0.25) is 0 Å². The lowest BCUT2D eigenvalue weighted by Gasteiger charge is -2.26. The third-order valence-corrected chi connectivity index (χ3v) is 27.6. The fourth-order valence-corrected chi connectivity index (χ4v) is 21.0. The molecule has 668 valence electrons. The third-order valence-electron chi connectivity index (χ3n) is 27.1. The largest absolute Gasteiger partial charge is 0.356 e. The van der Waals surface area contributed by atoms with Crippen LogP contribution in [0.3, 0.4) is 0 Å². The van der Waals surface area contributed by atoms with Crippen LogP contribution in [0.2, 0.25) is 0 Å². The fourth-order valence-electron chi connectivity index (χ4n) is 20.8. The number of nitrogens with one attached hydrogen (secondary N) is 1. The van der Waals surface area contributed by atoms with E-state index in [2.05, 4.69) is 569 Å². The van der Waals surface area contributed by atoms with Crippen molar-refractivity contribution in [1.82, 2.24) is 9.13 Å². The first-order chi connectivity index (χ1) is 67.9. The first kappa shape index (κ1) is 89.1. The molecule has 26 aromatic rings. The van der Waals surface area contributed by atoms with E-state index in [0.717, 1.165) is 38.6 Å². The van der Waals surface area contributed by atoms with Gasteiger partial charge >= 0.3 is 0 Å². The van der Waals surface area contributed by atoms with Gasteiger partial charge in [0.05, 0.1) is 22.1 Å². The van der Waals surface area contributed by atoms with Gasteiger partial charge in [-0.15, -0.1) is 0 Å². The smallest absolute Gasteiger partial charge is 0.0541 e. The van der Waals surface area contributed by atoms with Crippen molar-refractivity contribution in [2.75, 3.05) is 10.2 Å². The summed E-state index contributed by atoms with van der Waals surface area (Å²) >= 11 is 3.56. The van der Waals surface area contributed by atoms with E-state index in [4.69, 9.17) is 0 Å². The maximum absolute atomic E-state index is 3.57. The van der Waals surface area contributed by atoms with Crippen LogP contribution in [0.1, 0.15) is 22.3 Å². The Bertz CT molecular complexity index is 8860. The number of rotatable bonds is 15. The van der Waals surface area contributed by atoms with E-state index in [-0.39, 0.29) is 22.3 Å². The Hall–Kier alpha value is -17.5. The quantitative estimate of drug-likeness (QED) is 0.104.